The lowest BCUT2D eigenvalue weighted by atomic mass is 10.1. The zero-order chi connectivity index (χ0) is 15.9. The van der Waals surface area contributed by atoms with Crippen LogP contribution in [0.3, 0.4) is 0 Å². The SMILES string of the molecule is CN1CCN(C(=O)CN2C(=O)c3ccccc3C2=O)CC1=O. The molecule has 0 aliphatic carbocycles. The Labute approximate surface area is 127 Å². The Bertz CT molecular complexity index is 650. The molecule has 1 aromatic carbocycles. The van der Waals surface area contributed by atoms with Gasteiger partial charge in [0.15, 0.2) is 0 Å². The second-order valence-corrected chi connectivity index (χ2v) is 5.37. The minimum absolute atomic E-state index is 0.0154. The molecule has 0 atom stereocenters. The highest BCUT2D eigenvalue weighted by Crippen LogP contribution is 2.22. The molecule has 0 aromatic heterocycles. The molecule has 0 saturated carbocycles. The number of rotatable bonds is 2. The van der Waals surface area contributed by atoms with Crippen molar-refractivity contribution in [3.8, 4) is 0 Å². The molecule has 0 spiro atoms. The highest BCUT2D eigenvalue weighted by Gasteiger charge is 2.37. The van der Waals surface area contributed by atoms with E-state index in [0.717, 1.165) is 4.90 Å². The molecule has 22 heavy (non-hydrogen) atoms. The Morgan fingerprint density at radius 2 is 1.64 bits per heavy atom. The summed E-state index contributed by atoms with van der Waals surface area (Å²) in [6.45, 7) is 0.513. The zero-order valence-corrected chi connectivity index (χ0v) is 12.1. The number of nitrogens with zero attached hydrogens (tertiary/aromatic N) is 3. The quantitative estimate of drug-likeness (QED) is 0.695. The predicted octanol–water partition coefficient (Wildman–Crippen LogP) is -0.417. The fourth-order valence-corrected chi connectivity index (χ4v) is 2.59. The van der Waals surface area contributed by atoms with Gasteiger partial charge in [0.1, 0.15) is 6.54 Å². The number of amides is 4. The lowest BCUT2D eigenvalue weighted by molar-refractivity contribution is -0.144. The third-order valence-corrected chi connectivity index (χ3v) is 3.98. The standard InChI is InChI=1S/C15H15N3O4/c1-16-6-7-17(8-12(16)19)13(20)9-18-14(21)10-4-2-3-5-11(10)15(18)22/h2-5H,6-9H2,1H3. The van der Waals surface area contributed by atoms with Crippen molar-refractivity contribution in [2.24, 2.45) is 0 Å². The number of hydrogen-bond acceptors (Lipinski definition) is 4. The normalized spacial score (nSPS) is 18.0. The van der Waals surface area contributed by atoms with Crippen LogP contribution in [0.4, 0.5) is 0 Å². The summed E-state index contributed by atoms with van der Waals surface area (Å²) in [7, 11) is 1.67. The highest BCUT2D eigenvalue weighted by molar-refractivity contribution is 6.22. The third-order valence-electron chi connectivity index (χ3n) is 3.98. The van der Waals surface area contributed by atoms with Gasteiger partial charge in [-0.15, -0.1) is 0 Å². The largest absolute Gasteiger partial charge is 0.342 e. The van der Waals surface area contributed by atoms with Crippen molar-refractivity contribution in [3.05, 3.63) is 35.4 Å². The van der Waals surface area contributed by atoms with Crippen molar-refractivity contribution < 1.29 is 19.2 Å². The Kier molecular flexibility index (Phi) is 3.40. The van der Waals surface area contributed by atoms with Gasteiger partial charge in [0.25, 0.3) is 11.8 Å². The van der Waals surface area contributed by atoms with Gasteiger partial charge in [-0.3, -0.25) is 24.1 Å². The molecule has 1 fully saturated rings. The second-order valence-electron chi connectivity index (χ2n) is 5.37. The van der Waals surface area contributed by atoms with Gasteiger partial charge in [0.2, 0.25) is 11.8 Å². The third kappa shape index (κ3) is 2.24. The molecule has 0 N–H and O–H groups in total. The number of carbonyl (C=O) groups is 4. The van der Waals surface area contributed by atoms with Gasteiger partial charge in [0.05, 0.1) is 17.7 Å². The predicted molar refractivity (Wildman–Crippen MR) is 76.0 cm³/mol. The van der Waals surface area contributed by atoms with Crippen molar-refractivity contribution in [2.75, 3.05) is 33.2 Å². The van der Waals surface area contributed by atoms with Crippen LogP contribution in [0.25, 0.3) is 0 Å². The van der Waals surface area contributed by atoms with E-state index in [4.69, 9.17) is 0 Å². The summed E-state index contributed by atoms with van der Waals surface area (Å²) in [6, 6.07) is 6.49. The number of hydrogen-bond donors (Lipinski definition) is 0. The molecule has 2 aliphatic heterocycles. The van der Waals surface area contributed by atoms with E-state index in [1.54, 1.807) is 36.2 Å². The molecule has 0 bridgehead atoms. The zero-order valence-electron chi connectivity index (χ0n) is 12.1. The molecule has 114 valence electrons. The van der Waals surface area contributed by atoms with Crippen LogP contribution >= 0.6 is 0 Å². The first-order valence-corrected chi connectivity index (χ1v) is 6.96. The Hall–Kier alpha value is -2.70. The maximum Gasteiger partial charge on any atom is 0.262 e. The fourth-order valence-electron chi connectivity index (χ4n) is 2.59. The van der Waals surface area contributed by atoms with E-state index in [1.807, 2.05) is 0 Å². The minimum atomic E-state index is -0.464. The van der Waals surface area contributed by atoms with E-state index in [-0.39, 0.29) is 19.0 Å². The summed E-state index contributed by atoms with van der Waals surface area (Å²) in [5, 5.41) is 0. The molecular formula is C15H15N3O4. The van der Waals surface area contributed by atoms with E-state index >= 15 is 0 Å². The molecule has 2 heterocycles. The van der Waals surface area contributed by atoms with Crippen LogP contribution in [0.1, 0.15) is 20.7 Å². The molecule has 1 aromatic rings. The average molecular weight is 301 g/mol. The molecular weight excluding hydrogens is 286 g/mol. The van der Waals surface area contributed by atoms with Gasteiger partial charge in [-0.1, -0.05) is 12.1 Å². The van der Waals surface area contributed by atoms with Crippen LogP contribution in [0.5, 0.6) is 0 Å². The lowest BCUT2D eigenvalue weighted by Crippen LogP contribution is -2.53. The van der Waals surface area contributed by atoms with Crippen molar-refractivity contribution in [3.63, 3.8) is 0 Å². The first-order chi connectivity index (χ1) is 10.5. The summed E-state index contributed by atoms with van der Waals surface area (Å²) in [5.41, 5.74) is 0.629. The molecule has 7 nitrogen and oxygen atoms in total. The molecule has 4 amide bonds. The minimum Gasteiger partial charge on any atom is -0.342 e. The topological polar surface area (TPSA) is 78.0 Å². The molecule has 0 unspecified atom stereocenters. The lowest BCUT2D eigenvalue weighted by Gasteiger charge is -2.32. The first kappa shape index (κ1) is 14.2. The van der Waals surface area contributed by atoms with Crippen LogP contribution in [-0.4, -0.2) is 71.6 Å². The Morgan fingerprint density at radius 3 is 2.18 bits per heavy atom. The number of likely N-dealkylation sites (N-methyl/N-ethyl adjacent to an activating group) is 1. The van der Waals surface area contributed by atoms with Crippen molar-refractivity contribution in [2.45, 2.75) is 0 Å². The van der Waals surface area contributed by atoms with Crippen LogP contribution in [0.15, 0.2) is 24.3 Å². The Morgan fingerprint density at radius 1 is 1.05 bits per heavy atom. The maximum atomic E-state index is 12.3. The van der Waals surface area contributed by atoms with Crippen LogP contribution < -0.4 is 0 Å². The van der Waals surface area contributed by atoms with E-state index in [0.29, 0.717) is 24.2 Å². The van der Waals surface area contributed by atoms with Gasteiger partial charge in [-0.05, 0) is 12.1 Å². The average Bonchev–Trinajstić information content (AvgIpc) is 2.75. The molecule has 7 heteroatoms. The maximum absolute atomic E-state index is 12.3. The molecule has 3 rings (SSSR count). The van der Waals surface area contributed by atoms with Crippen LogP contribution in [-0.2, 0) is 9.59 Å². The van der Waals surface area contributed by atoms with Crippen molar-refractivity contribution >= 4 is 23.6 Å². The van der Waals surface area contributed by atoms with Crippen molar-refractivity contribution in [1.29, 1.82) is 0 Å². The molecule has 1 saturated heterocycles. The highest BCUT2D eigenvalue weighted by atomic mass is 16.2. The Balaban J connectivity index is 1.72. The van der Waals surface area contributed by atoms with Gasteiger partial charge >= 0.3 is 0 Å². The van der Waals surface area contributed by atoms with Crippen LogP contribution in [0, 0.1) is 0 Å². The van der Waals surface area contributed by atoms with Crippen LogP contribution in [0.2, 0.25) is 0 Å². The summed E-state index contributed by atoms with van der Waals surface area (Å²) in [5.74, 6) is -1.47. The first-order valence-electron chi connectivity index (χ1n) is 6.96. The van der Waals surface area contributed by atoms with E-state index in [2.05, 4.69) is 0 Å². The van der Waals surface area contributed by atoms with E-state index in [9.17, 15) is 19.2 Å². The van der Waals surface area contributed by atoms with E-state index in [1.165, 1.54) is 4.90 Å². The van der Waals surface area contributed by atoms with E-state index < -0.39 is 17.7 Å². The number of carbonyl (C=O) groups excluding carboxylic acids is 4. The summed E-state index contributed by atoms with van der Waals surface area (Å²) in [4.78, 5) is 52.2. The molecule has 2 aliphatic rings. The van der Waals surface area contributed by atoms with Crippen molar-refractivity contribution in [1.82, 2.24) is 14.7 Å². The monoisotopic (exact) mass is 301 g/mol. The summed E-state index contributed by atoms with van der Waals surface area (Å²) < 4.78 is 0. The molecule has 0 radical (unpaired) electrons. The van der Waals surface area contributed by atoms with Gasteiger partial charge < -0.3 is 9.80 Å². The number of benzene rings is 1. The smallest absolute Gasteiger partial charge is 0.262 e. The number of piperazine rings is 1. The second kappa shape index (κ2) is 5.25. The summed E-state index contributed by atoms with van der Waals surface area (Å²) in [6.07, 6.45) is 0. The van der Waals surface area contributed by atoms with Gasteiger partial charge in [0, 0.05) is 20.1 Å². The summed E-state index contributed by atoms with van der Waals surface area (Å²) >= 11 is 0. The number of fused-ring (bicyclic) bond motifs is 1. The fraction of sp³-hybridized carbons (Fsp3) is 0.333. The van der Waals surface area contributed by atoms with Gasteiger partial charge in [-0.2, -0.15) is 0 Å². The number of imide groups is 1. The van der Waals surface area contributed by atoms with Gasteiger partial charge in [-0.25, -0.2) is 0 Å².